The van der Waals surface area contributed by atoms with E-state index < -0.39 is 0 Å². The highest BCUT2D eigenvalue weighted by Crippen LogP contribution is 2.28. The van der Waals surface area contributed by atoms with Crippen molar-refractivity contribution >= 4 is 23.1 Å². The first-order valence-corrected chi connectivity index (χ1v) is 7.45. The largest absolute Gasteiger partial charge is 0.459 e. The van der Waals surface area contributed by atoms with Crippen LogP contribution in [0.4, 0.5) is 0 Å². The monoisotopic (exact) mass is 293 g/mol. The molecule has 0 radical (unpaired) electrons. The summed E-state index contributed by atoms with van der Waals surface area (Å²) in [7, 11) is 1.82. The second kappa shape index (κ2) is 5.14. The van der Waals surface area contributed by atoms with Crippen molar-refractivity contribution in [2.24, 2.45) is 7.05 Å². The Morgan fingerprint density at radius 1 is 1.42 bits per heavy atom. The molecular formula is C11H11N5OS2. The zero-order valence-electron chi connectivity index (χ0n) is 10.4. The number of hydrogen-bond donors (Lipinski definition) is 0. The Hall–Kier alpha value is -1.67. The fraction of sp³-hybridized carbons (Fsp3) is 0.273. The lowest BCUT2D eigenvalue weighted by Crippen LogP contribution is -1.93. The molecule has 0 spiro atoms. The molecule has 3 rings (SSSR count). The van der Waals surface area contributed by atoms with Gasteiger partial charge in [-0.2, -0.15) is 0 Å². The van der Waals surface area contributed by atoms with E-state index in [4.69, 9.17) is 4.42 Å². The first-order valence-electron chi connectivity index (χ1n) is 5.59. The average Bonchev–Trinajstić information content (AvgIpc) is 3.08. The maximum absolute atomic E-state index is 5.56. The zero-order valence-corrected chi connectivity index (χ0v) is 12.0. The van der Waals surface area contributed by atoms with Crippen LogP contribution in [0.2, 0.25) is 0 Å². The molecule has 0 saturated heterocycles. The lowest BCUT2D eigenvalue weighted by molar-refractivity contribution is 0.548. The van der Waals surface area contributed by atoms with Crippen LogP contribution < -0.4 is 0 Å². The van der Waals surface area contributed by atoms with Crippen LogP contribution in [0.1, 0.15) is 11.5 Å². The van der Waals surface area contributed by atoms with Gasteiger partial charge in [0.1, 0.15) is 5.76 Å². The van der Waals surface area contributed by atoms with Gasteiger partial charge in [-0.05, 0) is 29.5 Å². The summed E-state index contributed by atoms with van der Waals surface area (Å²) in [6, 6.07) is 3.88. The van der Waals surface area contributed by atoms with Crippen molar-refractivity contribution in [1.82, 2.24) is 25.2 Å². The van der Waals surface area contributed by atoms with E-state index in [9.17, 15) is 0 Å². The molecule has 0 aliphatic carbocycles. The summed E-state index contributed by atoms with van der Waals surface area (Å²) in [6.07, 6.45) is 0. The number of thiazole rings is 1. The summed E-state index contributed by atoms with van der Waals surface area (Å²) in [6.45, 7) is 1.93. The molecule has 0 unspecified atom stereocenters. The van der Waals surface area contributed by atoms with E-state index in [-0.39, 0.29) is 0 Å². The van der Waals surface area contributed by atoms with Crippen LogP contribution >= 0.6 is 23.1 Å². The maximum Gasteiger partial charge on any atom is 0.209 e. The second-order valence-electron chi connectivity index (χ2n) is 3.93. The van der Waals surface area contributed by atoms with Crippen LogP contribution in [-0.2, 0) is 12.8 Å². The number of hydrogen-bond acceptors (Lipinski definition) is 7. The molecule has 3 aromatic rings. The third-order valence-corrected chi connectivity index (χ3v) is 4.38. The number of nitrogens with zero attached hydrogens (tertiary/aromatic N) is 5. The van der Waals surface area contributed by atoms with Crippen molar-refractivity contribution in [3.05, 3.63) is 29.0 Å². The Bertz CT molecular complexity index is 687. The summed E-state index contributed by atoms with van der Waals surface area (Å²) < 4.78 is 7.20. The van der Waals surface area contributed by atoms with Crippen molar-refractivity contribution < 1.29 is 4.42 Å². The van der Waals surface area contributed by atoms with Crippen molar-refractivity contribution in [2.75, 3.05) is 0 Å². The number of aryl methyl sites for hydroxylation is 2. The maximum atomic E-state index is 5.56. The third kappa shape index (κ3) is 2.69. The molecule has 0 aliphatic rings. The minimum Gasteiger partial charge on any atom is -0.459 e. The van der Waals surface area contributed by atoms with Crippen LogP contribution in [0.5, 0.6) is 0 Å². The van der Waals surface area contributed by atoms with Gasteiger partial charge in [0.05, 0.1) is 5.69 Å². The smallest absolute Gasteiger partial charge is 0.209 e. The van der Waals surface area contributed by atoms with Crippen LogP contribution in [-0.4, -0.2) is 25.2 Å². The molecule has 0 atom stereocenters. The van der Waals surface area contributed by atoms with Crippen molar-refractivity contribution in [3.8, 4) is 10.8 Å². The Labute approximate surface area is 117 Å². The van der Waals surface area contributed by atoms with Gasteiger partial charge in [-0.25, -0.2) is 9.67 Å². The molecule has 6 nitrogen and oxygen atoms in total. The fourth-order valence-electron chi connectivity index (χ4n) is 1.52. The Morgan fingerprint density at radius 2 is 2.32 bits per heavy atom. The van der Waals surface area contributed by atoms with Gasteiger partial charge in [-0.15, -0.1) is 16.4 Å². The molecular weight excluding hydrogens is 282 g/mol. The molecule has 0 aromatic carbocycles. The van der Waals surface area contributed by atoms with Crippen molar-refractivity contribution in [1.29, 1.82) is 0 Å². The number of furan rings is 1. The van der Waals surface area contributed by atoms with Gasteiger partial charge in [0.15, 0.2) is 10.8 Å². The lowest BCUT2D eigenvalue weighted by Gasteiger charge is -1.95. The van der Waals surface area contributed by atoms with Crippen LogP contribution in [0.15, 0.2) is 27.1 Å². The minimum absolute atomic E-state index is 0.740. The molecule has 3 heterocycles. The highest BCUT2D eigenvalue weighted by atomic mass is 32.2. The fourth-order valence-corrected chi connectivity index (χ4v) is 3.15. The van der Waals surface area contributed by atoms with Gasteiger partial charge in [0, 0.05) is 18.2 Å². The molecule has 0 fully saturated rings. The number of thioether (sulfide) groups is 1. The van der Waals surface area contributed by atoms with E-state index in [2.05, 4.69) is 20.5 Å². The quantitative estimate of drug-likeness (QED) is 0.688. The molecule has 0 bridgehead atoms. The van der Waals surface area contributed by atoms with Gasteiger partial charge < -0.3 is 4.42 Å². The standard InChI is InChI=1S/C11H11N5OS2/c1-7-3-4-9(17-7)10-12-8(5-18-10)6-19-11-13-14-15-16(11)2/h3-5H,6H2,1-2H3. The van der Waals surface area contributed by atoms with Gasteiger partial charge in [-0.1, -0.05) is 11.8 Å². The minimum atomic E-state index is 0.740. The van der Waals surface area contributed by atoms with Gasteiger partial charge in [-0.3, -0.25) is 0 Å². The average molecular weight is 293 g/mol. The van der Waals surface area contributed by atoms with E-state index in [1.54, 1.807) is 27.8 Å². The SMILES string of the molecule is Cc1ccc(-c2nc(CSc3nnnn3C)cs2)o1. The zero-order chi connectivity index (χ0) is 13.2. The highest BCUT2D eigenvalue weighted by Gasteiger charge is 2.10. The van der Waals surface area contributed by atoms with Crippen molar-refractivity contribution in [2.45, 2.75) is 17.8 Å². The molecule has 0 saturated carbocycles. The first kappa shape index (κ1) is 12.4. The Morgan fingerprint density at radius 3 is 3.00 bits per heavy atom. The predicted octanol–water partition coefficient (Wildman–Crippen LogP) is 2.53. The normalized spacial score (nSPS) is 11.1. The van der Waals surface area contributed by atoms with Crippen LogP contribution in [0, 0.1) is 6.92 Å². The highest BCUT2D eigenvalue weighted by molar-refractivity contribution is 7.98. The van der Waals surface area contributed by atoms with Gasteiger partial charge in [0.2, 0.25) is 5.16 Å². The summed E-state index contributed by atoms with van der Waals surface area (Å²) in [4.78, 5) is 4.55. The number of aromatic nitrogens is 5. The summed E-state index contributed by atoms with van der Waals surface area (Å²) >= 11 is 3.14. The van der Waals surface area contributed by atoms with Gasteiger partial charge >= 0.3 is 0 Å². The van der Waals surface area contributed by atoms with E-state index >= 15 is 0 Å². The summed E-state index contributed by atoms with van der Waals surface area (Å²) in [5, 5.41) is 15.0. The predicted molar refractivity (Wildman–Crippen MR) is 72.9 cm³/mol. The molecule has 8 heteroatoms. The molecule has 3 aromatic heterocycles. The summed E-state index contributed by atoms with van der Waals surface area (Å²) in [5.41, 5.74) is 1.00. The molecule has 0 aliphatic heterocycles. The number of rotatable bonds is 4. The third-order valence-electron chi connectivity index (χ3n) is 2.43. The first-order chi connectivity index (χ1) is 9.22. The van der Waals surface area contributed by atoms with Crippen molar-refractivity contribution in [3.63, 3.8) is 0 Å². The van der Waals surface area contributed by atoms with E-state index in [1.807, 2.05) is 31.5 Å². The van der Waals surface area contributed by atoms with Gasteiger partial charge in [0.25, 0.3) is 0 Å². The molecule has 98 valence electrons. The number of tetrazole rings is 1. The van der Waals surface area contributed by atoms with E-state index in [1.165, 1.54) is 0 Å². The second-order valence-corrected chi connectivity index (χ2v) is 5.73. The van der Waals surface area contributed by atoms with Crippen LogP contribution in [0.25, 0.3) is 10.8 Å². The Balaban J connectivity index is 1.70. The molecule has 0 N–H and O–H groups in total. The van der Waals surface area contributed by atoms with Crippen LogP contribution in [0.3, 0.4) is 0 Å². The van der Waals surface area contributed by atoms with E-state index in [0.717, 1.165) is 33.1 Å². The molecule has 19 heavy (non-hydrogen) atoms. The molecule has 0 amide bonds. The topological polar surface area (TPSA) is 69.6 Å². The Kier molecular flexibility index (Phi) is 3.34. The summed E-state index contributed by atoms with van der Waals surface area (Å²) in [5.74, 6) is 2.45. The lowest BCUT2D eigenvalue weighted by atomic mass is 10.4. The van der Waals surface area contributed by atoms with E-state index in [0.29, 0.717) is 0 Å².